The van der Waals surface area contributed by atoms with E-state index in [1.165, 1.54) is 6.42 Å². The van der Waals surface area contributed by atoms with Crippen LogP contribution in [0.1, 0.15) is 25.7 Å². The zero-order chi connectivity index (χ0) is 8.81. The lowest BCUT2D eigenvalue weighted by Gasteiger charge is -2.18. The number of halogens is 1. The Morgan fingerprint density at radius 1 is 1.42 bits per heavy atom. The average molecular weight is 175 g/mol. The number of hydrogen-bond donors (Lipinski definition) is 2. The maximum absolute atomic E-state index is 11.8. The van der Waals surface area contributed by atoms with Crippen LogP contribution in [0.4, 0.5) is 4.39 Å². The lowest BCUT2D eigenvalue weighted by molar-refractivity contribution is 0.205. The third-order valence-corrected chi connectivity index (χ3v) is 2.61. The van der Waals surface area contributed by atoms with Crippen LogP contribution in [-0.2, 0) is 0 Å². The quantitative estimate of drug-likeness (QED) is 0.613. The van der Waals surface area contributed by atoms with Crippen molar-refractivity contribution in [2.24, 2.45) is 5.92 Å². The van der Waals surface area contributed by atoms with Gasteiger partial charge in [0.1, 0.15) is 0 Å². The van der Waals surface area contributed by atoms with Gasteiger partial charge in [-0.2, -0.15) is 0 Å². The number of hydrogen-bond acceptors (Lipinski definition) is 2. The van der Waals surface area contributed by atoms with Crippen molar-refractivity contribution >= 4 is 0 Å². The van der Waals surface area contributed by atoms with Crippen LogP contribution in [0.2, 0.25) is 0 Å². The fourth-order valence-electron chi connectivity index (χ4n) is 1.88. The van der Waals surface area contributed by atoms with Gasteiger partial charge < -0.3 is 10.4 Å². The first-order valence-corrected chi connectivity index (χ1v) is 4.78. The second-order valence-electron chi connectivity index (χ2n) is 3.48. The van der Waals surface area contributed by atoms with Crippen LogP contribution in [0.5, 0.6) is 0 Å². The van der Waals surface area contributed by atoms with Gasteiger partial charge in [0, 0.05) is 12.6 Å². The molecule has 0 bridgehead atoms. The molecule has 1 aliphatic carbocycles. The molecule has 1 aliphatic rings. The predicted octanol–water partition coefficient (Wildman–Crippen LogP) is 1.10. The number of alkyl halides is 1. The lowest BCUT2D eigenvalue weighted by atomic mass is 10.1. The molecule has 1 saturated carbocycles. The monoisotopic (exact) mass is 175 g/mol. The Bertz CT molecular complexity index is 121. The summed E-state index contributed by atoms with van der Waals surface area (Å²) in [5, 5.41) is 12.3. The Morgan fingerprint density at radius 2 is 2.25 bits per heavy atom. The first-order chi connectivity index (χ1) is 5.88. The van der Waals surface area contributed by atoms with E-state index in [0.717, 1.165) is 19.4 Å². The molecule has 0 aliphatic heterocycles. The highest BCUT2D eigenvalue weighted by Gasteiger charge is 2.25. The minimum Gasteiger partial charge on any atom is -0.396 e. The number of aliphatic hydroxyl groups is 1. The highest BCUT2D eigenvalue weighted by Crippen LogP contribution is 2.24. The molecule has 0 aromatic heterocycles. The summed E-state index contributed by atoms with van der Waals surface area (Å²) in [6.45, 7) is 0.772. The smallest absolute Gasteiger partial charge is 0.0906 e. The van der Waals surface area contributed by atoms with E-state index < -0.39 is 0 Å². The fourth-order valence-corrected chi connectivity index (χ4v) is 1.88. The SMILES string of the molecule is OCC1CCCC1NCCCF. The van der Waals surface area contributed by atoms with Gasteiger partial charge in [0.15, 0.2) is 0 Å². The Labute approximate surface area is 73.2 Å². The van der Waals surface area contributed by atoms with Gasteiger partial charge in [-0.05, 0) is 31.7 Å². The van der Waals surface area contributed by atoms with Crippen LogP contribution in [0.15, 0.2) is 0 Å². The third kappa shape index (κ3) is 2.72. The molecule has 2 atom stereocenters. The maximum Gasteiger partial charge on any atom is 0.0906 e. The lowest BCUT2D eigenvalue weighted by Crippen LogP contribution is -2.34. The second-order valence-corrected chi connectivity index (χ2v) is 3.48. The molecule has 3 heteroatoms. The number of rotatable bonds is 5. The van der Waals surface area contributed by atoms with Gasteiger partial charge in [0.2, 0.25) is 0 Å². The number of nitrogens with one attached hydrogen (secondary N) is 1. The summed E-state index contributed by atoms with van der Waals surface area (Å²) >= 11 is 0. The van der Waals surface area contributed by atoms with E-state index in [-0.39, 0.29) is 13.3 Å². The van der Waals surface area contributed by atoms with E-state index in [2.05, 4.69) is 5.32 Å². The maximum atomic E-state index is 11.8. The largest absolute Gasteiger partial charge is 0.396 e. The number of aliphatic hydroxyl groups excluding tert-OH is 1. The molecule has 0 aromatic rings. The molecular formula is C9H18FNO. The highest BCUT2D eigenvalue weighted by atomic mass is 19.1. The van der Waals surface area contributed by atoms with Gasteiger partial charge in [0.25, 0.3) is 0 Å². The standard InChI is InChI=1S/C9H18FNO/c10-5-2-6-11-9-4-1-3-8(9)7-12/h8-9,11-12H,1-7H2. The molecule has 0 heterocycles. The average Bonchev–Trinajstić information content (AvgIpc) is 2.52. The summed E-state index contributed by atoms with van der Waals surface area (Å²) in [5.41, 5.74) is 0. The topological polar surface area (TPSA) is 32.3 Å². The van der Waals surface area contributed by atoms with Crippen molar-refractivity contribution in [1.29, 1.82) is 0 Å². The molecule has 2 unspecified atom stereocenters. The molecule has 2 nitrogen and oxygen atoms in total. The van der Waals surface area contributed by atoms with Gasteiger partial charge in [-0.3, -0.25) is 4.39 Å². The van der Waals surface area contributed by atoms with Crippen molar-refractivity contribution in [3.05, 3.63) is 0 Å². The van der Waals surface area contributed by atoms with Crippen molar-refractivity contribution in [1.82, 2.24) is 5.32 Å². The molecule has 72 valence electrons. The van der Waals surface area contributed by atoms with Crippen molar-refractivity contribution in [2.75, 3.05) is 19.8 Å². The highest BCUT2D eigenvalue weighted by molar-refractivity contribution is 4.82. The fraction of sp³-hybridized carbons (Fsp3) is 1.00. The molecule has 0 amide bonds. The molecule has 0 radical (unpaired) electrons. The van der Waals surface area contributed by atoms with Crippen LogP contribution >= 0.6 is 0 Å². The van der Waals surface area contributed by atoms with Crippen molar-refractivity contribution in [2.45, 2.75) is 31.7 Å². The summed E-state index contributed by atoms with van der Waals surface area (Å²) in [5.74, 6) is 0.407. The summed E-state index contributed by atoms with van der Waals surface area (Å²) in [4.78, 5) is 0. The van der Waals surface area contributed by atoms with Gasteiger partial charge in [-0.15, -0.1) is 0 Å². The van der Waals surface area contributed by atoms with Gasteiger partial charge in [0.05, 0.1) is 6.67 Å². The van der Waals surface area contributed by atoms with Crippen LogP contribution < -0.4 is 5.32 Å². The summed E-state index contributed by atoms with van der Waals surface area (Å²) in [6.07, 6.45) is 4.04. The Morgan fingerprint density at radius 3 is 2.92 bits per heavy atom. The molecule has 1 fully saturated rings. The van der Waals surface area contributed by atoms with E-state index in [9.17, 15) is 4.39 Å². The Kier molecular flexibility index (Phi) is 4.54. The zero-order valence-corrected chi connectivity index (χ0v) is 7.43. The molecule has 0 aromatic carbocycles. The van der Waals surface area contributed by atoms with Crippen LogP contribution in [-0.4, -0.2) is 31.0 Å². The summed E-state index contributed by atoms with van der Waals surface area (Å²) in [6, 6.07) is 0.432. The Balaban J connectivity index is 2.12. The zero-order valence-electron chi connectivity index (χ0n) is 7.43. The molecule has 2 N–H and O–H groups in total. The second kappa shape index (κ2) is 5.49. The molecule has 1 rings (SSSR count). The van der Waals surface area contributed by atoms with Crippen molar-refractivity contribution in [3.8, 4) is 0 Å². The van der Waals surface area contributed by atoms with Crippen LogP contribution in [0.3, 0.4) is 0 Å². The van der Waals surface area contributed by atoms with Crippen molar-refractivity contribution < 1.29 is 9.50 Å². The van der Waals surface area contributed by atoms with Gasteiger partial charge >= 0.3 is 0 Å². The molecular weight excluding hydrogens is 157 g/mol. The molecule has 0 spiro atoms. The minimum absolute atomic E-state index is 0.247. The molecule has 0 saturated heterocycles. The predicted molar refractivity (Wildman–Crippen MR) is 46.8 cm³/mol. The van der Waals surface area contributed by atoms with Gasteiger partial charge in [-0.1, -0.05) is 6.42 Å². The van der Waals surface area contributed by atoms with Crippen LogP contribution in [0.25, 0.3) is 0 Å². The minimum atomic E-state index is -0.247. The molecule has 12 heavy (non-hydrogen) atoms. The summed E-state index contributed by atoms with van der Waals surface area (Å²) in [7, 11) is 0. The van der Waals surface area contributed by atoms with E-state index in [4.69, 9.17) is 5.11 Å². The van der Waals surface area contributed by atoms with E-state index in [0.29, 0.717) is 18.4 Å². The van der Waals surface area contributed by atoms with Gasteiger partial charge in [-0.25, -0.2) is 0 Å². The van der Waals surface area contributed by atoms with E-state index in [1.807, 2.05) is 0 Å². The normalized spacial score (nSPS) is 29.5. The Hall–Kier alpha value is -0.150. The third-order valence-electron chi connectivity index (χ3n) is 2.61. The first-order valence-electron chi connectivity index (χ1n) is 4.78. The van der Waals surface area contributed by atoms with Crippen molar-refractivity contribution in [3.63, 3.8) is 0 Å². The van der Waals surface area contributed by atoms with E-state index >= 15 is 0 Å². The first kappa shape index (κ1) is 9.93. The van der Waals surface area contributed by atoms with Crippen LogP contribution in [0, 0.1) is 5.92 Å². The summed E-state index contributed by atoms with van der Waals surface area (Å²) < 4.78 is 11.8. The van der Waals surface area contributed by atoms with E-state index in [1.54, 1.807) is 0 Å².